The van der Waals surface area contributed by atoms with E-state index in [-0.39, 0.29) is 19.1 Å². The fraction of sp³-hybridized carbons (Fsp3) is 0.522. The minimum absolute atomic E-state index is 0.203. The molecule has 1 aliphatic heterocycles. The number of ether oxygens (including phenoxy) is 1. The van der Waals surface area contributed by atoms with Crippen molar-refractivity contribution in [2.24, 2.45) is 5.92 Å². The van der Waals surface area contributed by atoms with E-state index in [1.807, 2.05) is 13.8 Å². The quantitative estimate of drug-likeness (QED) is 0.303. The molecule has 0 saturated carbocycles. The van der Waals surface area contributed by atoms with Crippen LogP contribution in [0.2, 0.25) is 0 Å². The Kier molecular flexibility index (Phi) is 9.17. The van der Waals surface area contributed by atoms with Crippen LogP contribution in [0.3, 0.4) is 0 Å². The summed E-state index contributed by atoms with van der Waals surface area (Å²) < 4.78 is 33.6. The summed E-state index contributed by atoms with van der Waals surface area (Å²) in [6.45, 7) is 11.5. The second kappa shape index (κ2) is 11.3. The first-order chi connectivity index (χ1) is 16.2. The van der Waals surface area contributed by atoms with Gasteiger partial charge in [-0.15, -0.1) is 6.58 Å². The Balaban J connectivity index is 2.66. The normalized spacial score (nSPS) is 19.0. The molecule has 1 aromatic rings. The molecule has 1 N–H and O–H groups in total. The number of aliphatic hydroxyl groups excluding tert-OH is 1. The number of carbonyl (C=O) groups excluding carboxylic acids is 1. The summed E-state index contributed by atoms with van der Waals surface area (Å²) in [5, 5.41) is 21.5. The third-order valence-corrected chi connectivity index (χ3v) is 6.91. The maximum Gasteiger partial charge on any atom is 0.410 e. The summed E-state index contributed by atoms with van der Waals surface area (Å²) in [5.41, 5.74) is -0.859. The third kappa shape index (κ3) is 6.66. The molecule has 2 atom stereocenters. The number of hydrogen-bond acceptors (Lipinski definition) is 8. The van der Waals surface area contributed by atoms with E-state index in [2.05, 4.69) is 6.58 Å². The summed E-state index contributed by atoms with van der Waals surface area (Å²) in [4.78, 5) is 30.0. The number of carbonyl (C=O) groups is 1. The van der Waals surface area contributed by atoms with Crippen LogP contribution in [-0.4, -0.2) is 71.4 Å². The van der Waals surface area contributed by atoms with Gasteiger partial charge in [-0.05, 0) is 38.3 Å². The first-order valence-electron chi connectivity index (χ1n) is 11.1. The SMILES string of the molecule is C=CCON(C1CN(C(=O)OC(C)(C)C)C(CO)C=C1C(C)C)S(=O)(=O)c1ccccc1[N+](=O)[O-]. The van der Waals surface area contributed by atoms with Crippen molar-refractivity contribution in [2.75, 3.05) is 19.8 Å². The van der Waals surface area contributed by atoms with Crippen molar-refractivity contribution in [3.8, 4) is 0 Å². The van der Waals surface area contributed by atoms with E-state index < -0.39 is 55.9 Å². The number of benzene rings is 1. The lowest BCUT2D eigenvalue weighted by atomic mass is 9.90. The van der Waals surface area contributed by atoms with Gasteiger partial charge in [0, 0.05) is 12.6 Å². The molecule has 0 aliphatic carbocycles. The number of sulfonamides is 1. The fourth-order valence-electron chi connectivity index (χ4n) is 3.67. The Morgan fingerprint density at radius 2 is 2.00 bits per heavy atom. The molecule has 1 aromatic carbocycles. The third-order valence-electron chi connectivity index (χ3n) is 5.17. The van der Waals surface area contributed by atoms with Gasteiger partial charge in [0.15, 0.2) is 4.90 Å². The van der Waals surface area contributed by atoms with Gasteiger partial charge in [-0.2, -0.15) is 0 Å². The monoisotopic (exact) mass is 511 g/mol. The molecule has 1 aliphatic rings. The van der Waals surface area contributed by atoms with Gasteiger partial charge >= 0.3 is 6.09 Å². The lowest BCUT2D eigenvalue weighted by Gasteiger charge is -2.42. The van der Waals surface area contributed by atoms with Crippen molar-refractivity contribution in [1.82, 2.24) is 9.37 Å². The predicted molar refractivity (Wildman–Crippen MR) is 129 cm³/mol. The Labute approximate surface area is 205 Å². The average molecular weight is 512 g/mol. The number of nitro benzene ring substituents is 1. The number of hydrogen-bond donors (Lipinski definition) is 1. The van der Waals surface area contributed by atoms with E-state index in [0.717, 1.165) is 12.1 Å². The maximum absolute atomic E-state index is 13.7. The molecule has 2 unspecified atom stereocenters. The Morgan fingerprint density at radius 3 is 2.51 bits per heavy atom. The van der Waals surface area contributed by atoms with Gasteiger partial charge in [0.25, 0.3) is 15.7 Å². The Morgan fingerprint density at radius 1 is 1.37 bits per heavy atom. The van der Waals surface area contributed by atoms with Gasteiger partial charge in [0.1, 0.15) is 5.60 Å². The molecule has 0 fully saturated rings. The number of para-hydroxylation sites is 1. The summed E-state index contributed by atoms with van der Waals surface area (Å²) in [6.07, 6.45) is 2.21. The number of rotatable bonds is 9. The zero-order valence-electron chi connectivity index (χ0n) is 20.6. The second-order valence-corrected chi connectivity index (χ2v) is 11.0. The molecule has 12 heteroatoms. The Hall–Kier alpha value is -2.80. The highest BCUT2D eigenvalue weighted by Gasteiger charge is 2.44. The summed E-state index contributed by atoms with van der Waals surface area (Å²) in [7, 11) is -4.58. The number of nitro groups is 1. The molecule has 0 spiro atoms. The lowest BCUT2D eigenvalue weighted by Crippen LogP contribution is -2.57. The highest BCUT2D eigenvalue weighted by molar-refractivity contribution is 7.89. The number of aliphatic hydroxyl groups is 1. The average Bonchev–Trinajstić information content (AvgIpc) is 2.77. The van der Waals surface area contributed by atoms with E-state index in [4.69, 9.17) is 9.57 Å². The van der Waals surface area contributed by atoms with Crippen LogP contribution in [0, 0.1) is 16.0 Å². The first kappa shape index (κ1) is 28.4. The molecule has 194 valence electrons. The molecule has 0 radical (unpaired) electrons. The van der Waals surface area contributed by atoms with Crippen molar-refractivity contribution >= 4 is 21.8 Å². The first-order valence-corrected chi connectivity index (χ1v) is 12.5. The van der Waals surface area contributed by atoms with E-state index in [1.165, 1.54) is 23.1 Å². The van der Waals surface area contributed by atoms with Crippen LogP contribution < -0.4 is 0 Å². The zero-order chi connectivity index (χ0) is 26.6. The van der Waals surface area contributed by atoms with Crippen LogP contribution in [0.15, 0.2) is 53.5 Å². The molecule has 2 rings (SSSR count). The van der Waals surface area contributed by atoms with Gasteiger partial charge in [-0.1, -0.05) is 42.6 Å². The van der Waals surface area contributed by atoms with E-state index in [0.29, 0.717) is 10.0 Å². The van der Waals surface area contributed by atoms with Crippen LogP contribution >= 0.6 is 0 Å². The zero-order valence-corrected chi connectivity index (χ0v) is 21.4. The largest absolute Gasteiger partial charge is 0.444 e. The highest BCUT2D eigenvalue weighted by atomic mass is 32.2. The van der Waals surface area contributed by atoms with Crippen molar-refractivity contribution in [3.05, 3.63) is 58.7 Å². The second-order valence-electron chi connectivity index (χ2n) is 9.29. The van der Waals surface area contributed by atoms with Crippen LogP contribution in [0.4, 0.5) is 10.5 Å². The lowest BCUT2D eigenvalue weighted by molar-refractivity contribution is -0.388. The van der Waals surface area contributed by atoms with Crippen LogP contribution in [0.25, 0.3) is 0 Å². The number of amides is 1. The minimum atomic E-state index is -4.58. The van der Waals surface area contributed by atoms with Crippen molar-refractivity contribution in [1.29, 1.82) is 0 Å². The van der Waals surface area contributed by atoms with Crippen LogP contribution in [0.5, 0.6) is 0 Å². The summed E-state index contributed by atoms with van der Waals surface area (Å²) in [6, 6.07) is 3.15. The van der Waals surface area contributed by atoms with Crippen molar-refractivity contribution in [3.63, 3.8) is 0 Å². The maximum atomic E-state index is 13.7. The van der Waals surface area contributed by atoms with E-state index >= 15 is 0 Å². The molecule has 35 heavy (non-hydrogen) atoms. The van der Waals surface area contributed by atoms with E-state index in [1.54, 1.807) is 26.8 Å². The molecular weight excluding hydrogens is 478 g/mol. The highest BCUT2D eigenvalue weighted by Crippen LogP contribution is 2.34. The number of nitrogens with zero attached hydrogens (tertiary/aromatic N) is 3. The molecule has 1 amide bonds. The van der Waals surface area contributed by atoms with Crippen LogP contribution in [-0.2, 0) is 19.6 Å². The standard InChI is InChI=1S/C23H33N3O8S/c1-7-12-33-26(35(31,32)21-11-9-8-10-19(21)25(29)30)20-14-24(22(28)34-23(4,5)6)17(15-27)13-18(20)16(2)3/h7-11,13,16-17,20,27H,1,12,14-15H2,2-6H3. The van der Waals surface area contributed by atoms with Crippen LogP contribution in [0.1, 0.15) is 34.6 Å². The van der Waals surface area contributed by atoms with Crippen molar-refractivity contribution < 1.29 is 32.8 Å². The molecule has 11 nitrogen and oxygen atoms in total. The van der Waals surface area contributed by atoms with Gasteiger partial charge in [0.05, 0.1) is 30.2 Å². The topological polar surface area (TPSA) is 140 Å². The van der Waals surface area contributed by atoms with Gasteiger partial charge in [-0.3, -0.25) is 19.9 Å². The van der Waals surface area contributed by atoms with Crippen molar-refractivity contribution in [2.45, 2.75) is 57.2 Å². The van der Waals surface area contributed by atoms with Gasteiger partial charge in [0.2, 0.25) is 0 Å². The van der Waals surface area contributed by atoms with Gasteiger partial charge < -0.3 is 9.84 Å². The molecule has 0 bridgehead atoms. The fourth-order valence-corrected chi connectivity index (χ4v) is 5.25. The Bertz CT molecular complexity index is 1080. The molecule has 0 saturated heterocycles. The summed E-state index contributed by atoms with van der Waals surface area (Å²) in [5.74, 6) is -0.203. The van der Waals surface area contributed by atoms with Gasteiger partial charge in [-0.25, -0.2) is 13.2 Å². The molecular formula is C23H33N3O8S. The predicted octanol–water partition coefficient (Wildman–Crippen LogP) is 3.27. The summed E-state index contributed by atoms with van der Waals surface area (Å²) >= 11 is 0. The smallest absolute Gasteiger partial charge is 0.410 e. The minimum Gasteiger partial charge on any atom is -0.444 e. The molecule has 1 heterocycles. The van der Waals surface area contributed by atoms with E-state index in [9.17, 15) is 28.4 Å². The number of hydroxylamine groups is 1. The molecule has 0 aromatic heterocycles.